The van der Waals surface area contributed by atoms with Crippen LogP contribution >= 0.6 is 0 Å². The van der Waals surface area contributed by atoms with Crippen LogP contribution in [0.5, 0.6) is 5.75 Å². The van der Waals surface area contributed by atoms with Gasteiger partial charge in [-0.3, -0.25) is 4.79 Å². The van der Waals surface area contributed by atoms with Gasteiger partial charge in [0.2, 0.25) is 10.0 Å². The number of hydrogen-bond donors (Lipinski definition) is 1. The molecule has 0 spiro atoms. The molecule has 8 nitrogen and oxygen atoms in total. The molecule has 1 amide bonds. The maximum atomic E-state index is 12.6. The fourth-order valence-electron chi connectivity index (χ4n) is 2.69. The fourth-order valence-corrected chi connectivity index (χ4v) is 4.22. The maximum Gasteiger partial charge on any atom is 0.272 e. The molecule has 28 heavy (non-hydrogen) atoms. The van der Waals surface area contributed by atoms with Gasteiger partial charge in [-0.1, -0.05) is 13.8 Å². The third-order valence-electron chi connectivity index (χ3n) is 4.22. The van der Waals surface area contributed by atoms with Crippen molar-refractivity contribution < 1.29 is 22.7 Å². The van der Waals surface area contributed by atoms with E-state index in [0.29, 0.717) is 37.7 Å². The number of rotatable bonds is 10. The first-order valence-corrected chi connectivity index (χ1v) is 10.5. The predicted molar refractivity (Wildman–Crippen MR) is 107 cm³/mol. The van der Waals surface area contributed by atoms with Gasteiger partial charge in [0.15, 0.2) is 0 Å². The van der Waals surface area contributed by atoms with Crippen molar-refractivity contribution in [3.63, 3.8) is 0 Å². The highest BCUT2D eigenvalue weighted by atomic mass is 32.2. The van der Waals surface area contributed by atoms with Gasteiger partial charge in [-0.05, 0) is 30.3 Å². The summed E-state index contributed by atoms with van der Waals surface area (Å²) in [4.78, 5) is 12.7. The van der Waals surface area contributed by atoms with Crippen LogP contribution < -0.4 is 10.1 Å². The van der Waals surface area contributed by atoms with Crippen molar-refractivity contribution in [1.29, 1.82) is 0 Å². The van der Waals surface area contributed by atoms with Crippen molar-refractivity contribution in [1.82, 2.24) is 8.87 Å². The normalized spacial score (nSPS) is 11.6. The Morgan fingerprint density at radius 1 is 1.14 bits per heavy atom. The number of aromatic nitrogens is 1. The van der Waals surface area contributed by atoms with Crippen molar-refractivity contribution >= 4 is 21.6 Å². The van der Waals surface area contributed by atoms with E-state index in [-0.39, 0.29) is 10.6 Å². The smallest absolute Gasteiger partial charge is 0.272 e. The van der Waals surface area contributed by atoms with E-state index in [1.165, 1.54) is 21.1 Å². The molecule has 0 unspecified atom stereocenters. The molecule has 154 valence electrons. The van der Waals surface area contributed by atoms with Crippen LogP contribution in [-0.2, 0) is 21.8 Å². The van der Waals surface area contributed by atoms with Crippen LogP contribution in [0.1, 0.15) is 24.3 Å². The molecular formula is C19H27N3O5S. The summed E-state index contributed by atoms with van der Waals surface area (Å²) in [5, 5.41) is 2.77. The summed E-state index contributed by atoms with van der Waals surface area (Å²) in [5.74, 6) is 0.276. The number of nitrogens with one attached hydrogen (secondary N) is 1. The number of ether oxygens (including phenoxy) is 2. The average Bonchev–Trinajstić information content (AvgIpc) is 3.07. The van der Waals surface area contributed by atoms with Crippen LogP contribution in [-0.4, -0.2) is 56.6 Å². The third kappa shape index (κ3) is 5.12. The largest absolute Gasteiger partial charge is 0.491 e. The zero-order chi connectivity index (χ0) is 20.7. The first-order chi connectivity index (χ1) is 13.3. The lowest BCUT2D eigenvalue weighted by molar-refractivity contribution is 0.101. The molecule has 0 aliphatic carbocycles. The number of methoxy groups -OCH3 is 1. The van der Waals surface area contributed by atoms with E-state index in [1.54, 1.807) is 52.3 Å². The lowest BCUT2D eigenvalue weighted by Gasteiger charge is -2.17. The third-order valence-corrected chi connectivity index (χ3v) is 6.24. The molecule has 1 aromatic carbocycles. The quantitative estimate of drug-likeness (QED) is 0.609. The molecule has 0 saturated heterocycles. The average molecular weight is 410 g/mol. The van der Waals surface area contributed by atoms with E-state index < -0.39 is 15.9 Å². The molecule has 2 rings (SSSR count). The molecule has 0 fully saturated rings. The standard InChI is InChI=1S/C19H27N3O5S/c1-5-22(6-2)28(24,25)17-13-18(21(3)14-17)19(23)20-15-7-9-16(10-8-15)27-12-11-26-4/h7-10,13-14H,5-6,11-12H2,1-4H3,(H,20,23). The zero-order valence-electron chi connectivity index (χ0n) is 16.6. The van der Waals surface area contributed by atoms with Gasteiger partial charge in [0.05, 0.1) is 6.61 Å². The zero-order valence-corrected chi connectivity index (χ0v) is 17.5. The Morgan fingerprint density at radius 2 is 1.79 bits per heavy atom. The molecule has 1 aromatic heterocycles. The van der Waals surface area contributed by atoms with Gasteiger partial charge >= 0.3 is 0 Å². The summed E-state index contributed by atoms with van der Waals surface area (Å²) in [7, 11) is -0.377. The molecule has 0 atom stereocenters. The number of hydrogen-bond acceptors (Lipinski definition) is 5. The number of amides is 1. The van der Waals surface area contributed by atoms with Crippen LogP contribution in [0.4, 0.5) is 5.69 Å². The minimum Gasteiger partial charge on any atom is -0.491 e. The van der Waals surface area contributed by atoms with Gasteiger partial charge < -0.3 is 19.4 Å². The summed E-state index contributed by atoms with van der Waals surface area (Å²) in [6, 6.07) is 8.32. The number of aryl methyl sites for hydroxylation is 1. The molecule has 9 heteroatoms. The van der Waals surface area contributed by atoms with E-state index in [4.69, 9.17) is 9.47 Å². The Bertz CT molecular complexity index is 887. The number of carbonyl (C=O) groups excluding carboxylic acids is 1. The van der Waals surface area contributed by atoms with E-state index in [2.05, 4.69) is 5.32 Å². The predicted octanol–water partition coefficient (Wildman–Crippen LogP) is 2.33. The van der Waals surface area contributed by atoms with Gasteiger partial charge in [-0.15, -0.1) is 0 Å². The molecular weight excluding hydrogens is 382 g/mol. The second-order valence-corrected chi connectivity index (χ2v) is 8.02. The topological polar surface area (TPSA) is 89.9 Å². The van der Waals surface area contributed by atoms with Crippen LogP contribution in [0.15, 0.2) is 41.4 Å². The number of sulfonamides is 1. The van der Waals surface area contributed by atoms with Crippen LogP contribution in [0.25, 0.3) is 0 Å². The molecule has 0 aliphatic rings. The van der Waals surface area contributed by atoms with Crippen molar-refractivity contribution in [3.05, 3.63) is 42.2 Å². The molecule has 0 radical (unpaired) electrons. The lowest BCUT2D eigenvalue weighted by Crippen LogP contribution is -2.30. The van der Waals surface area contributed by atoms with Crippen molar-refractivity contribution in [2.75, 3.05) is 38.7 Å². The van der Waals surface area contributed by atoms with Gasteiger partial charge in [0, 0.05) is 39.1 Å². The second kappa shape index (κ2) is 9.72. The lowest BCUT2D eigenvalue weighted by atomic mass is 10.3. The van der Waals surface area contributed by atoms with E-state index in [1.807, 2.05) is 0 Å². The number of carbonyl (C=O) groups is 1. The van der Waals surface area contributed by atoms with Crippen molar-refractivity contribution in [2.45, 2.75) is 18.7 Å². The van der Waals surface area contributed by atoms with Gasteiger partial charge in [0.25, 0.3) is 5.91 Å². The number of nitrogens with zero attached hydrogens (tertiary/aromatic N) is 2. The van der Waals surface area contributed by atoms with E-state index in [9.17, 15) is 13.2 Å². The second-order valence-electron chi connectivity index (χ2n) is 6.08. The van der Waals surface area contributed by atoms with Crippen LogP contribution in [0.3, 0.4) is 0 Å². The minimum atomic E-state index is -3.62. The first-order valence-electron chi connectivity index (χ1n) is 9.03. The highest BCUT2D eigenvalue weighted by Gasteiger charge is 2.25. The Morgan fingerprint density at radius 3 is 2.36 bits per heavy atom. The van der Waals surface area contributed by atoms with Gasteiger partial charge in [-0.2, -0.15) is 4.31 Å². The Balaban J connectivity index is 2.12. The molecule has 1 N–H and O–H groups in total. The van der Waals surface area contributed by atoms with E-state index in [0.717, 1.165) is 0 Å². The maximum absolute atomic E-state index is 12.6. The van der Waals surface area contributed by atoms with Crippen molar-refractivity contribution in [2.24, 2.45) is 7.05 Å². The SMILES string of the molecule is CCN(CC)S(=O)(=O)c1cc(C(=O)Nc2ccc(OCCOC)cc2)n(C)c1. The van der Waals surface area contributed by atoms with Gasteiger partial charge in [-0.25, -0.2) is 8.42 Å². The monoisotopic (exact) mass is 409 g/mol. The minimum absolute atomic E-state index is 0.103. The summed E-state index contributed by atoms with van der Waals surface area (Å²) in [5.41, 5.74) is 0.838. The fraction of sp³-hybridized carbons (Fsp3) is 0.421. The van der Waals surface area contributed by atoms with E-state index >= 15 is 0 Å². The number of anilines is 1. The van der Waals surface area contributed by atoms with Gasteiger partial charge in [0.1, 0.15) is 22.9 Å². The summed E-state index contributed by atoms with van der Waals surface area (Å²) < 4.78 is 38.6. The molecule has 0 bridgehead atoms. The summed E-state index contributed by atoms with van der Waals surface area (Å²) in [6.07, 6.45) is 1.45. The molecule has 2 aromatic rings. The Kier molecular flexibility index (Phi) is 7.61. The first kappa shape index (κ1) is 21.9. The molecule has 0 aliphatic heterocycles. The molecule has 0 saturated carbocycles. The van der Waals surface area contributed by atoms with Crippen molar-refractivity contribution in [3.8, 4) is 5.75 Å². The Labute approximate surface area is 166 Å². The molecule has 1 heterocycles. The number of benzene rings is 1. The highest BCUT2D eigenvalue weighted by Crippen LogP contribution is 2.20. The summed E-state index contributed by atoms with van der Waals surface area (Å²) in [6.45, 7) is 5.22. The highest BCUT2D eigenvalue weighted by molar-refractivity contribution is 7.89. The van der Waals surface area contributed by atoms with Crippen LogP contribution in [0.2, 0.25) is 0 Å². The Hall–Kier alpha value is -2.36. The van der Waals surface area contributed by atoms with Crippen LogP contribution in [0, 0.1) is 0 Å². The summed E-state index contributed by atoms with van der Waals surface area (Å²) >= 11 is 0.